The first-order valence-electron chi connectivity index (χ1n) is 4.75. The Balaban J connectivity index is 2.11. The van der Waals surface area contributed by atoms with Gasteiger partial charge in [0.2, 0.25) is 0 Å². The van der Waals surface area contributed by atoms with E-state index in [4.69, 9.17) is 5.73 Å². The van der Waals surface area contributed by atoms with Crippen LogP contribution in [0.5, 0.6) is 0 Å². The van der Waals surface area contributed by atoms with Crippen LogP contribution in [0.15, 0.2) is 17.3 Å². The number of hydrogen-bond acceptors (Lipinski definition) is 3. The van der Waals surface area contributed by atoms with Gasteiger partial charge in [-0.2, -0.15) is 0 Å². The number of aliphatic imine (C=N–C) groups is 1. The third-order valence-electron chi connectivity index (χ3n) is 2.03. The molecule has 0 radical (unpaired) electrons. The first-order chi connectivity index (χ1) is 6.33. The molecule has 1 aliphatic rings. The van der Waals surface area contributed by atoms with E-state index in [2.05, 4.69) is 4.99 Å². The van der Waals surface area contributed by atoms with Gasteiger partial charge >= 0.3 is 0 Å². The van der Waals surface area contributed by atoms with E-state index in [0.29, 0.717) is 19.4 Å². The Hall–Kier alpha value is -0.960. The quantitative estimate of drug-likeness (QED) is 0.629. The number of carbonyl (C=O) groups is 1. The van der Waals surface area contributed by atoms with Crippen LogP contribution in [0.3, 0.4) is 0 Å². The number of Topliss-reactive ketones (excluding diaryl/α,β-unsaturated/α-hetero) is 1. The average molecular weight is 180 g/mol. The molecular weight excluding hydrogens is 164 g/mol. The summed E-state index contributed by atoms with van der Waals surface area (Å²) in [5.74, 6) is 0.288. The smallest absolute Gasteiger partial charge is 0.138 e. The van der Waals surface area contributed by atoms with Crippen molar-refractivity contribution in [1.29, 1.82) is 0 Å². The Morgan fingerprint density at radius 2 is 2.38 bits per heavy atom. The minimum Gasteiger partial charge on any atom is -0.330 e. The molecule has 13 heavy (non-hydrogen) atoms. The van der Waals surface area contributed by atoms with Crippen LogP contribution in [-0.4, -0.2) is 18.0 Å². The minimum atomic E-state index is 0.288. The molecule has 0 spiro atoms. The molecule has 72 valence electrons. The van der Waals surface area contributed by atoms with Crippen molar-refractivity contribution in [2.24, 2.45) is 10.7 Å². The molecule has 0 unspecified atom stereocenters. The van der Waals surface area contributed by atoms with Crippen LogP contribution in [0.25, 0.3) is 0 Å². The highest BCUT2D eigenvalue weighted by atomic mass is 16.1. The van der Waals surface area contributed by atoms with Crippen molar-refractivity contribution in [1.82, 2.24) is 0 Å². The predicted octanol–water partition coefficient (Wildman–Crippen LogP) is 1.43. The fourth-order valence-electron chi connectivity index (χ4n) is 1.30. The molecule has 0 bridgehead atoms. The van der Waals surface area contributed by atoms with E-state index in [0.717, 1.165) is 25.0 Å². The summed E-state index contributed by atoms with van der Waals surface area (Å²) in [5.41, 5.74) is 6.33. The number of nitrogens with two attached hydrogens (primary N) is 1. The number of rotatable bonds is 6. The van der Waals surface area contributed by atoms with Crippen molar-refractivity contribution in [2.45, 2.75) is 32.1 Å². The lowest BCUT2D eigenvalue weighted by atomic mass is 10.1. The molecule has 0 saturated heterocycles. The van der Waals surface area contributed by atoms with E-state index in [1.165, 1.54) is 0 Å². The molecule has 0 saturated carbocycles. The summed E-state index contributed by atoms with van der Waals surface area (Å²) in [6.45, 7) is 0.676. The molecule has 2 N–H and O–H groups in total. The zero-order chi connectivity index (χ0) is 9.52. The van der Waals surface area contributed by atoms with Gasteiger partial charge in [0, 0.05) is 31.2 Å². The van der Waals surface area contributed by atoms with Gasteiger partial charge in [0.05, 0.1) is 0 Å². The molecule has 3 nitrogen and oxygen atoms in total. The minimum absolute atomic E-state index is 0.288. The molecule has 0 aromatic heterocycles. The van der Waals surface area contributed by atoms with Gasteiger partial charge in [-0.05, 0) is 19.4 Å². The van der Waals surface area contributed by atoms with E-state index in [1.54, 1.807) is 6.20 Å². The number of nitrogens with zero attached hydrogens (tertiary/aromatic N) is 1. The van der Waals surface area contributed by atoms with Crippen molar-refractivity contribution in [2.75, 3.05) is 6.54 Å². The normalized spacial score (nSPS) is 14.7. The maximum atomic E-state index is 11.3. The lowest BCUT2D eigenvalue weighted by Crippen LogP contribution is -2.07. The van der Waals surface area contributed by atoms with Crippen LogP contribution in [0, 0.1) is 0 Å². The van der Waals surface area contributed by atoms with Gasteiger partial charge in [-0.15, -0.1) is 0 Å². The molecule has 3 heteroatoms. The number of ketones is 1. The Morgan fingerprint density at radius 3 is 3.00 bits per heavy atom. The molecule has 1 heterocycles. The molecule has 0 aliphatic carbocycles. The second-order valence-corrected chi connectivity index (χ2v) is 3.25. The summed E-state index contributed by atoms with van der Waals surface area (Å²) in [6, 6.07) is 0. The van der Waals surface area contributed by atoms with Gasteiger partial charge in [-0.3, -0.25) is 9.79 Å². The number of carbonyl (C=O) groups excluding carboxylic acids is 1. The first-order valence-corrected chi connectivity index (χ1v) is 4.75. The highest BCUT2D eigenvalue weighted by Gasteiger charge is 2.07. The Kier molecular flexibility index (Phi) is 4.40. The van der Waals surface area contributed by atoms with E-state index in [9.17, 15) is 4.79 Å². The van der Waals surface area contributed by atoms with E-state index in [-0.39, 0.29) is 5.78 Å². The zero-order valence-electron chi connectivity index (χ0n) is 7.83. The number of unbranched alkanes of at least 4 members (excludes halogenated alkanes) is 1. The third kappa shape index (κ3) is 3.99. The maximum absolute atomic E-state index is 11.3. The first kappa shape index (κ1) is 10.1. The second-order valence-electron chi connectivity index (χ2n) is 3.25. The van der Waals surface area contributed by atoms with Crippen LogP contribution in [0.4, 0.5) is 0 Å². The third-order valence-corrected chi connectivity index (χ3v) is 2.03. The Labute approximate surface area is 78.7 Å². The highest BCUT2D eigenvalue weighted by Crippen LogP contribution is 2.07. The van der Waals surface area contributed by atoms with Gasteiger partial charge in [-0.1, -0.05) is 6.08 Å². The molecule has 0 aromatic rings. The molecule has 1 rings (SSSR count). The largest absolute Gasteiger partial charge is 0.330 e. The number of hydrogen-bond donors (Lipinski definition) is 1. The van der Waals surface area contributed by atoms with E-state index < -0.39 is 0 Å². The van der Waals surface area contributed by atoms with Gasteiger partial charge in [0.15, 0.2) is 0 Å². The molecule has 0 aromatic carbocycles. The van der Waals surface area contributed by atoms with E-state index >= 15 is 0 Å². The summed E-state index contributed by atoms with van der Waals surface area (Å²) < 4.78 is 0. The molecular formula is C10H16N2O. The SMILES string of the molecule is NCCCCC(=O)CC1=NC=CC1. The van der Waals surface area contributed by atoms with Crippen molar-refractivity contribution < 1.29 is 4.79 Å². The summed E-state index contributed by atoms with van der Waals surface area (Å²) in [4.78, 5) is 15.4. The monoisotopic (exact) mass is 180 g/mol. The van der Waals surface area contributed by atoms with Crippen LogP contribution in [-0.2, 0) is 4.79 Å². The second kappa shape index (κ2) is 5.65. The predicted molar refractivity (Wildman–Crippen MR) is 53.7 cm³/mol. The molecule has 1 aliphatic heterocycles. The van der Waals surface area contributed by atoms with Crippen molar-refractivity contribution in [3.05, 3.63) is 12.3 Å². The summed E-state index contributed by atoms with van der Waals surface area (Å²) in [6.07, 6.45) is 7.62. The van der Waals surface area contributed by atoms with Gasteiger partial charge in [0.25, 0.3) is 0 Å². The summed E-state index contributed by atoms with van der Waals surface area (Å²) in [5, 5.41) is 0. The van der Waals surface area contributed by atoms with Crippen molar-refractivity contribution in [3.8, 4) is 0 Å². The van der Waals surface area contributed by atoms with E-state index in [1.807, 2.05) is 6.08 Å². The Morgan fingerprint density at radius 1 is 1.54 bits per heavy atom. The lowest BCUT2D eigenvalue weighted by Gasteiger charge is -1.99. The number of allylic oxidation sites excluding steroid dienone is 1. The molecule has 0 atom stereocenters. The summed E-state index contributed by atoms with van der Waals surface area (Å²) >= 11 is 0. The lowest BCUT2D eigenvalue weighted by molar-refractivity contribution is -0.118. The zero-order valence-corrected chi connectivity index (χ0v) is 7.83. The van der Waals surface area contributed by atoms with Crippen LogP contribution in [0.2, 0.25) is 0 Å². The van der Waals surface area contributed by atoms with Crippen molar-refractivity contribution in [3.63, 3.8) is 0 Å². The van der Waals surface area contributed by atoms with Crippen molar-refractivity contribution >= 4 is 11.5 Å². The summed E-state index contributed by atoms with van der Waals surface area (Å²) in [7, 11) is 0. The van der Waals surface area contributed by atoms with Crippen LogP contribution < -0.4 is 5.73 Å². The van der Waals surface area contributed by atoms with Crippen LogP contribution in [0.1, 0.15) is 32.1 Å². The maximum Gasteiger partial charge on any atom is 0.138 e. The highest BCUT2D eigenvalue weighted by molar-refractivity contribution is 6.03. The van der Waals surface area contributed by atoms with Gasteiger partial charge < -0.3 is 5.73 Å². The molecule has 0 fully saturated rings. The van der Waals surface area contributed by atoms with Gasteiger partial charge in [-0.25, -0.2) is 0 Å². The average Bonchev–Trinajstić information content (AvgIpc) is 2.57. The van der Waals surface area contributed by atoms with Crippen LogP contribution >= 0.6 is 0 Å². The fraction of sp³-hybridized carbons (Fsp3) is 0.600. The molecule has 0 amide bonds. The fourth-order valence-corrected chi connectivity index (χ4v) is 1.30. The van der Waals surface area contributed by atoms with Gasteiger partial charge in [0.1, 0.15) is 5.78 Å². The Bertz CT molecular complexity index is 231. The topological polar surface area (TPSA) is 55.5 Å². The standard InChI is InChI=1S/C10H16N2O/c11-6-2-1-5-10(13)8-9-4-3-7-12-9/h3,7H,1-2,4-6,8,11H2.